The van der Waals surface area contributed by atoms with Gasteiger partial charge in [0.1, 0.15) is 5.82 Å². The molecule has 0 aromatic heterocycles. The molecule has 0 bridgehead atoms. The molecule has 84 valence electrons. The van der Waals surface area contributed by atoms with Crippen LogP contribution in [0.25, 0.3) is 0 Å². The first-order valence-corrected chi connectivity index (χ1v) is 5.76. The molecule has 0 atom stereocenters. The van der Waals surface area contributed by atoms with Crippen LogP contribution in [0.3, 0.4) is 0 Å². The Hall–Kier alpha value is -0.280. The second kappa shape index (κ2) is 5.71. The van der Waals surface area contributed by atoms with Gasteiger partial charge < -0.3 is 4.90 Å². The van der Waals surface area contributed by atoms with Crippen molar-refractivity contribution in [3.05, 3.63) is 28.5 Å². The Morgan fingerprint density at radius 3 is 2.33 bits per heavy atom. The van der Waals surface area contributed by atoms with Crippen molar-refractivity contribution in [2.45, 2.75) is 19.3 Å². The molecule has 1 saturated heterocycles. The second-order valence-electron chi connectivity index (χ2n) is 3.68. The van der Waals surface area contributed by atoms with E-state index in [1.165, 1.54) is 25.3 Å². The fourth-order valence-electron chi connectivity index (χ4n) is 1.87. The molecule has 1 aromatic rings. The Kier molecular flexibility index (Phi) is 4.87. The van der Waals surface area contributed by atoms with Crippen LogP contribution in [0.15, 0.2) is 22.7 Å². The number of hydrogen-bond acceptors (Lipinski definition) is 1. The van der Waals surface area contributed by atoms with Crippen molar-refractivity contribution in [2.24, 2.45) is 0 Å². The molecule has 15 heavy (non-hydrogen) atoms. The first-order chi connectivity index (χ1) is 6.75. The topological polar surface area (TPSA) is 3.24 Å². The highest BCUT2D eigenvalue weighted by Crippen LogP contribution is 2.24. The van der Waals surface area contributed by atoms with Crippen LogP contribution in [-0.2, 0) is 0 Å². The molecule has 0 radical (unpaired) electrons. The summed E-state index contributed by atoms with van der Waals surface area (Å²) in [5.41, 5.74) is 0.997. The fourth-order valence-corrected chi connectivity index (χ4v) is 2.33. The van der Waals surface area contributed by atoms with Gasteiger partial charge in [-0.05, 0) is 37.5 Å². The Bertz CT molecular complexity index is 306. The third-order valence-electron chi connectivity index (χ3n) is 2.57. The van der Waals surface area contributed by atoms with E-state index in [2.05, 4.69) is 20.8 Å². The van der Waals surface area contributed by atoms with E-state index in [9.17, 15) is 4.39 Å². The van der Waals surface area contributed by atoms with Gasteiger partial charge >= 0.3 is 0 Å². The molecule has 0 unspecified atom stereocenters. The third kappa shape index (κ3) is 3.35. The molecule has 1 aromatic carbocycles. The molecule has 0 N–H and O–H groups in total. The summed E-state index contributed by atoms with van der Waals surface area (Å²) in [7, 11) is 0. The predicted octanol–water partition coefficient (Wildman–Crippen LogP) is 4.00. The van der Waals surface area contributed by atoms with Crippen LogP contribution in [0.4, 0.5) is 10.1 Å². The van der Waals surface area contributed by atoms with Crippen molar-refractivity contribution >= 4 is 34.0 Å². The summed E-state index contributed by atoms with van der Waals surface area (Å²) in [6.07, 6.45) is 3.73. The first-order valence-electron chi connectivity index (χ1n) is 4.97. The third-order valence-corrected chi connectivity index (χ3v) is 3.03. The van der Waals surface area contributed by atoms with Gasteiger partial charge in [-0.1, -0.05) is 15.9 Å². The molecule has 4 heteroatoms. The maximum Gasteiger partial charge on any atom is 0.126 e. The zero-order valence-electron chi connectivity index (χ0n) is 8.38. The minimum absolute atomic E-state index is 0. The zero-order chi connectivity index (χ0) is 9.97. The van der Waals surface area contributed by atoms with Crippen LogP contribution >= 0.6 is 28.3 Å². The number of rotatable bonds is 1. The summed E-state index contributed by atoms with van der Waals surface area (Å²) < 4.78 is 13.9. The molecule has 1 fully saturated rings. The zero-order valence-corrected chi connectivity index (χ0v) is 10.8. The number of benzene rings is 1. The molecule has 0 spiro atoms. The van der Waals surface area contributed by atoms with E-state index in [4.69, 9.17) is 0 Å². The molecule has 1 nitrogen and oxygen atoms in total. The SMILES string of the molecule is Cl.Fc1cc(Br)cc(N2CCCCC2)c1. The summed E-state index contributed by atoms with van der Waals surface area (Å²) in [5.74, 6) is -0.167. The van der Waals surface area contributed by atoms with E-state index < -0.39 is 0 Å². The van der Waals surface area contributed by atoms with Crippen LogP contribution in [0, 0.1) is 5.82 Å². The molecule has 0 aliphatic carbocycles. The maximum atomic E-state index is 13.1. The van der Waals surface area contributed by atoms with E-state index in [-0.39, 0.29) is 18.2 Å². The summed E-state index contributed by atoms with van der Waals surface area (Å²) >= 11 is 3.31. The van der Waals surface area contributed by atoms with Crippen LogP contribution in [0.1, 0.15) is 19.3 Å². The molecular formula is C11H14BrClFN. The van der Waals surface area contributed by atoms with Gasteiger partial charge in [0, 0.05) is 23.2 Å². The van der Waals surface area contributed by atoms with Crippen molar-refractivity contribution in [3.8, 4) is 0 Å². The largest absolute Gasteiger partial charge is 0.371 e. The van der Waals surface area contributed by atoms with Gasteiger partial charge in [-0.2, -0.15) is 0 Å². The minimum Gasteiger partial charge on any atom is -0.371 e. The molecule has 0 saturated carbocycles. The Balaban J connectivity index is 0.00000112. The monoisotopic (exact) mass is 293 g/mol. The Morgan fingerprint density at radius 1 is 1.07 bits per heavy atom. The van der Waals surface area contributed by atoms with Crippen LogP contribution in [0.5, 0.6) is 0 Å². The summed E-state index contributed by atoms with van der Waals surface area (Å²) in [4.78, 5) is 2.25. The fraction of sp³-hybridized carbons (Fsp3) is 0.455. The van der Waals surface area contributed by atoms with Gasteiger partial charge in [-0.3, -0.25) is 0 Å². The van der Waals surface area contributed by atoms with E-state index in [1.54, 1.807) is 6.07 Å². The first kappa shape index (κ1) is 12.8. The lowest BCUT2D eigenvalue weighted by Gasteiger charge is -2.28. The standard InChI is InChI=1S/C11H13BrFN.ClH/c12-9-6-10(13)8-11(7-9)14-4-2-1-3-5-14;/h6-8H,1-5H2;1H. The van der Waals surface area contributed by atoms with Crippen LogP contribution < -0.4 is 4.90 Å². The van der Waals surface area contributed by atoms with Gasteiger partial charge in [0.25, 0.3) is 0 Å². The van der Waals surface area contributed by atoms with Crippen LogP contribution in [0.2, 0.25) is 0 Å². The summed E-state index contributed by atoms with van der Waals surface area (Å²) in [6.45, 7) is 2.10. The van der Waals surface area contributed by atoms with E-state index in [0.29, 0.717) is 0 Å². The van der Waals surface area contributed by atoms with Gasteiger partial charge in [-0.15, -0.1) is 12.4 Å². The molecule has 1 aliphatic heterocycles. The Labute approximate surface area is 104 Å². The van der Waals surface area contributed by atoms with Crippen LogP contribution in [-0.4, -0.2) is 13.1 Å². The van der Waals surface area contributed by atoms with E-state index in [1.807, 2.05) is 6.07 Å². The molecule has 0 amide bonds. The summed E-state index contributed by atoms with van der Waals surface area (Å²) in [5, 5.41) is 0. The van der Waals surface area contributed by atoms with Crippen molar-refractivity contribution in [1.29, 1.82) is 0 Å². The second-order valence-corrected chi connectivity index (χ2v) is 4.59. The van der Waals surface area contributed by atoms with Gasteiger partial charge in [0.05, 0.1) is 0 Å². The highest BCUT2D eigenvalue weighted by Gasteiger charge is 2.11. The van der Waals surface area contributed by atoms with Crippen molar-refractivity contribution in [1.82, 2.24) is 0 Å². The number of hydrogen-bond donors (Lipinski definition) is 0. The highest BCUT2D eigenvalue weighted by atomic mass is 79.9. The number of nitrogens with zero attached hydrogens (tertiary/aromatic N) is 1. The van der Waals surface area contributed by atoms with E-state index >= 15 is 0 Å². The molecular weight excluding hydrogens is 280 g/mol. The highest BCUT2D eigenvalue weighted by molar-refractivity contribution is 9.10. The lowest BCUT2D eigenvalue weighted by Crippen LogP contribution is -2.29. The average Bonchev–Trinajstić information content (AvgIpc) is 2.18. The molecule has 1 heterocycles. The lowest BCUT2D eigenvalue weighted by molar-refractivity contribution is 0.574. The average molecular weight is 295 g/mol. The van der Waals surface area contributed by atoms with Gasteiger partial charge in [0.2, 0.25) is 0 Å². The minimum atomic E-state index is -0.167. The number of halogens is 3. The van der Waals surface area contributed by atoms with Crippen molar-refractivity contribution < 1.29 is 4.39 Å². The van der Waals surface area contributed by atoms with Gasteiger partial charge in [0.15, 0.2) is 0 Å². The quantitative estimate of drug-likeness (QED) is 0.757. The maximum absolute atomic E-state index is 13.1. The number of anilines is 1. The summed E-state index contributed by atoms with van der Waals surface area (Å²) in [6, 6.07) is 5.08. The lowest BCUT2D eigenvalue weighted by atomic mass is 10.1. The number of piperidine rings is 1. The Morgan fingerprint density at radius 2 is 1.73 bits per heavy atom. The molecule has 1 aliphatic rings. The smallest absolute Gasteiger partial charge is 0.126 e. The van der Waals surface area contributed by atoms with Gasteiger partial charge in [-0.25, -0.2) is 4.39 Å². The predicted molar refractivity (Wildman–Crippen MR) is 67.4 cm³/mol. The molecule has 2 rings (SSSR count). The van der Waals surface area contributed by atoms with E-state index in [0.717, 1.165) is 23.2 Å². The van der Waals surface area contributed by atoms with Crippen molar-refractivity contribution in [3.63, 3.8) is 0 Å². The normalized spacial score (nSPS) is 16.0. The van der Waals surface area contributed by atoms with Crippen molar-refractivity contribution in [2.75, 3.05) is 18.0 Å².